The summed E-state index contributed by atoms with van der Waals surface area (Å²) >= 11 is 0. The second-order valence-corrected chi connectivity index (χ2v) is 3.92. The Hall–Kier alpha value is -2.21. The molecule has 0 bridgehead atoms. The van der Waals surface area contributed by atoms with Crippen LogP contribution in [-0.4, -0.2) is 35.4 Å². The zero-order chi connectivity index (χ0) is 13.3. The highest BCUT2D eigenvalue weighted by Gasteiger charge is 2.00. The molecular weight excluding hydrogens is 242 g/mol. The molecule has 0 aliphatic rings. The first-order valence-corrected chi connectivity index (χ1v) is 6.09. The summed E-state index contributed by atoms with van der Waals surface area (Å²) in [5.41, 5.74) is 1.17. The van der Waals surface area contributed by atoms with Gasteiger partial charge in [-0.15, -0.1) is 5.10 Å². The molecule has 0 aliphatic heterocycles. The summed E-state index contributed by atoms with van der Waals surface area (Å²) in [6.07, 6.45) is 1.59. The maximum atomic E-state index is 4.96. The summed E-state index contributed by atoms with van der Waals surface area (Å²) in [5.74, 6) is 1.19. The summed E-state index contributed by atoms with van der Waals surface area (Å²) in [6, 6.07) is 10.1. The summed E-state index contributed by atoms with van der Waals surface area (Å²) in [5, 5.41) is 14.1. The molecule has 19 heavy (non-hydrogen) atoms. The average molecular weight is 259 g/mol. The zero-order valence-corrected chi connectivity index (χ0v) is 10.8. The highest BCUT2D eigenvalue weighted by molar-refractivity contribution is 5.37. The molecule has 6 nitrogen and oxygen atoms in total. The lowest BCUT2D eigenvalue weighted by Gasteiger charge is -2.07. The minimum absolute atomic E-state index is 0.506. The zero-order valence-electron chi connectivity index (χ0n) is 10.8. The van der Waals surface area contributed by atoms with E-state index in [0.717, 1.165) is 0 Å². The van der Waals surface area contributed by atoms with Gasteiger partial charge in [0, 0.05) is 20.2 Å². The van der Waals surface area contributed by atoms with Crippen molar-refractivity contribution in [1.82, 2.24) is 15.2 Å². The normalized spacial score (nSPS) is 10.2. The third kappa shape index (κ3) is 4.51. The van der Waals surface area contributed by atoms with Crippen molar-refractivity contribution < 1.29 is 4.74 Å². The van der Waals surface area contributed by atoms with Gasteiger partial charge in [-0.3, -0.25) is 0 Å². The van der Waals surface area contributed by atoms with Gasteiger partial charge >= 0.3 is 0 Å². The Kier molecular flexibility index (Phi) is 5.06. The third-order valence-electron chi connectivity index (χ3n) is 2.46. The Labute approximate surface area is 112 Å². The number of rotatable bonds is 7. The van der Waals surface area contributed by atoms with E-state index in [0.29, 0.717) is 31.5 Å². The minimum Gasteiger partial charge on any atom is -0.383 e. The van der Waals surface area contributed by atoms with Crippen LogP contribution in [0.15, 0.2) is 36.5 Å². The fourth-order valence-electron chi connectivity index (χ4n) is 1.52. The van der Waals surface area contributed by atoms with Crippen molar-refractivity contribution >= 4 is 11.8 Å². The second kappa shape index (κ2) is 7.27. The van der Waals surface area contributed by atoms with Gasteiger partial charge < -0.3 is 15.4 Å². The van der Waals surface area contributed by atoms with Crippen LogP contribution >= 0.6 is 0 Å². The average Bonchev–Trinajstić information content (AvgIpc) is 2.47. The fourth-order valence-corrected chi connectivity index (χ4v) is 1.52. The van der Waals surface area contributed by atoms with Crippen LogP contribution in [0.3, 0.4) is 0 Å². The van der Waals surface area contributed by atoms with E-state index in [-0.39, 0.29) is 0 Å². The van der Waals surface area contributed by atoms with E-state index in [9.17, 15) is 0 Å². The van der Waals surface area contributed by atoms with Gasteiger partial charge in [0.05, 0.1) is 12.8 Å². The number of methoxy groups -OCH3 is 1. The van der Waals surface area contributed by atoms with Crippen LogP contribution in [0.4, 0.5) is 11.8 Å². The summed E-state index contributed by atoms with van der Waals surface area (Å²) in [4.78, 5) is 4.31. The Morgan fingerprint density at radius 1 is 1.16 bits per heavy atom. The molecule has 0 saturated heterocycles. The van der Waals surface area contributed by atoms with Crippen molar-refractivity contribution in [2.45, 2.75) is 6.54 Å². The Morgan fingerprint density at radius 2 is 2.00 bits per heavy atom. The maximum absolute atomic E-state index is 4.96. The first kappa shape index (κ1) is 13.2. The van der Waals surface area contributed by atoms with Crippen LogP contribution in [0, 0.1) is 0 Å². The van der Waals surface area contributed by atoms with Gasteiger partial charge in [-0.2, -0.15) is 10.1 Å². The van der Waals surface area contributed by atoms with Crippen LogP contribution in [0.5, 0.6) is 0 Å². The van der Waals surface area contributed by atoms with Crippen LogP contribution in [0.2, 0.25) is 0 Å². The smallest absolute Gasteiger partial charge is 0.244 e. The van der Waals surface area contributed by atoms with Crippen molar-refractivity contribution in [2.24, 2.45) is 0 Å². The van der Waals surface area contributed by atoms with Gasteiger partial charge in [0.25, 0.3) is 0 Å². The van der Waals surface area contributed by atoms with Crippen LogP contribution in [0.1, 0.15) is 5.56 Å². The van der Waals surface area contributed by atoms with Crippen molar-refractivity contribution in [3.8, 4) is 0 Å². The molecule has 0 atom stereocenters. The molecule has 2 N–H and O–H groups in total. The van der Waals surface area contributed by atoms with Gasteiger partial charge in [-0.25, -0.2) is 0 Å². The van der Waals surface area contributed by atoms with Crippen LogP contribution in [-0.2, 0) is 11.3 Å². The van der Waals surface area contributed by atoms with Crippen molar-refractivity contribution in [3.05, 3.63) is 42.1 Å². The predicted molar refractivity (Wildman–Crippen MR) is 74.0 cm³/mol. The van der Waals surface area contributed by atoms with Crippen molar-refractivity contribution in [2.75, 3.05) is 30.9 Å². The predicted octanol–water partition coefficient (Wildman–Crippen LogP) is 1.54. The lowest BCUT2D eigenvalue weighted by Crippen LogP contribution is -2.11. The van der Waals surface area contributed by atoms with Gasteiger partial charge in [0.1, 0.15) is 0 Å². The molecule has 2 rings (SSSR count). The number of aromatic nitrogens is 3. The second-order valence-electron chi connectivity index (χ2n) is 3.92. The highest BCUT2D eigenvalue weighted by Crippen LogP contribution is 2.05. The molecule has 6 heteroatoms. The Morgan fingerprint density at radius 3 is 2.79 bits per heavy atom. The number of anilines is 2. The van der Waals surface area contributed by atoms with E-state index in [1.54, 1.807) is 13.3 Å². The molecule has 1 aromatic heterocycles. The molecule has 100 valence electrons. The van der Waals surface area contributed by atoms with E-state index in [1.165, 1.54) is 5.56 Å². The molecule has 0 spiro atoms. The van der Waals surface area contributed by atoms with Gasteiger partial charge in [0.15, 0.2) is 5.82 Å². The summed E-state index contributed by atoms with van der Waals surface area (Å²) < 4.78 is 4.96. The maximum Gasteiger partial charge on any atom is 0.244 e. The van der Waals surface area contributed by atoms with E-state index < -0.39 is 0 Å². The summed E-state index contributed by atoms with van der Waals surface area (Å²) in [6.45, 7) is 1.98. The molecule has 0 saturated carbocycles. The van der Waals surface area contributed by atoms with Crippen LogP contribution in [0.25, 0.3) is 0 Å². The quantitative estimate of drug-likeness (QED) is 0.735. The van der Waals surface area contributed by atoms with Crippen LogP contribution < -0.4 is 10.6 Å². The van der Waals surface area contributed by atoms with E-state index in [1.807, 2.05) is 30.3 Å². The number of hydrogen-bond acceptors (Lipinski definition) is 6. The molecule has 0 radical (unpaired) electrons. The van der Waals surface area contributed by atoms with Gasteiger partial charge in [0.2, 0.25) is 5.95 Å². The molecule has 0 amide bonds. The van der Waals surface area contributed by atoms with Gasteiger partial charge in [-0.05, 0) is 5.56 Å². The van der Waals surface area contributed by atoms with Crippen molar-refractivity contribution in [3.63, 3.8) is 0 Å². The molecule has 0 fully saturated rings. The first-order chi connectivity index (χ1) is 9.38. The standard InChI is InChI=1S/C13H17N5O/c1-19-8-7-14-12-10-16-18-13(17-12)15-9-11-5-3-2-4-6-11/h2-6,10H,7-9H2,1H3,(H2,14,15,17,18). The third-order valence-corrected chi connectivity index (χ3v) is 2.46. The largest absolute Gasteiger partial charge is 0.383 e. The molecule has 0 unspecified atom stereocenters. The molecule has 2 aromatic rings. The topological polar surface area (TPSA) is 72.0 Å². The number of benzene rings is 1. The lowest BCUT2D eigenvalue weighted by molar-refractivity contribution is 0.210. The Bertz CT molecular complexity index is 491. The number of nitrogens with zero attached hydrogens (tertiary/aromatic N) is 3. The van der Waals surface area contributed by atoms with E-state index >= 15 is 0 Å². The van der Waals surface area contributed by atoms with E-state index in [4.69, 9.17) is 4.74 Å². The number of ether oxygens (including phenoxy) is 1. The van der Waals surface area contributed by atoms with Gasteiger partial charge in [-0.1, -0.05) is 30.3 Å². The molecule has 1 aromatic carbocycles. The SMILES string of the molecule is COCCNc1cnnc(NCc2ccccc2)n1. The highest BCUT2D eigenvalue weighted by atomic mass is 16.5. The molecular formula is C13H17N5O. The van der Waals surface area contributed by atoms with Crippen molar-refractivity contribution in [1.29, 1.82) is 0 Å². The molecule has 0 aliphatic carbocycles. The number of hydrogen-bond donors (Lipinski definition) is 2. The molecule has 1 heterocycles. The number of nitrogens with one attached hydrogen (secondary N) is 2. The fraction of sp³-hybridized carbons (Fsp3) is 0.308. The summed E-state index contributed by atoms with van der Waals surface area (Å²) in [7, 11) is 1.66. The minimum atomic E-state index is 0.506. The monoisotopic (exact) mass is 259 g/mol. The Balaban J connectivity index is 1.88. The first-order valence-electron chi connectivity index (χ1n) is 6.09. The van der Waals surface area contributed by atoms with E-state index in [2.05, 4.69) is 25.8 Å². The lowest BCUT2D eigenvalue weighted by atomic mass is 10.2.